The largest absolute Gasteiger partial charge is 0.506 e. The number of ether oxygens (including phenoxy) is 1. The highest BCUT2D eigenvalue weighted by atomic mass is 19.1. The summed E-state index contributed by atoms with van der Waals surface area (Å²) in [4.78, 5) is 25.6. The van der Waals surface area contributed by atoms with Gasteiger partial charge in [0, 0.05) is 18.0 Å². The van der Waals surface area contributed by atoms with Crippen LogP contribution in [0.2, 0.25) is 0 Å². The SMILES string of the molecule is O=C(O)NC(c1cccc(F)c1)c1cccc(OCCCCCCCCCNCC(O)c2ccc(O)c3[nH]c(=O)ccc23)c1. The summed E-state index contributed by atoms with van der Waals surface area (Å²) in [5.74, 6) is 0.186. The zero-order chi connectivity index (χ0) is 31.3. The van der Waals surface area contributed by atoms with Crippen molar-refractivity contribution in [1.29, 1.82) is 0 Å². The molecule has 1 heterocycles. The van der Waals surface area contributed by atoms with Crippen molar-refractivity contribution in [3.8, 4) is 11.5 Å². The topological polar surface area (TPSA) is 144 Å². The molecule has 0 aliphatic rings. The van der Waals surface area contributed by atoms with Gasteiger partial charge in [0.2, 0.25) is 5.56 Å². The Labute approximate surface area is 255 Å². The molecule has 2 atom stereocenters. The average Bonchev–Trinajstić information content (AvgIpc) is 3.00. The van der Waals surface area contributed by atoms with E-state index in [1.54, 1.807) is 42.5 Å². The number of phenols is 1. The van der Waals surface area contributed by atoms with Crippen molar-refractivity contribution in [2.75, 3.05) is 19.7 Å². The van der Waals surface area contributed by atoms with Gasteiger partial charge in [-0.2, -0.15) is 0 Å². The summed E-state index contributed by atoms with van der Waals surface area (Å²) in [7, 11) is 0. The first-order valence-corrected chi connectivity index (χ1v) is 15.0. The third kappa shape index (κ3) is 9.55. The quantitative estimate of drug-likeness (QED) is 0.0791. The van der Waals surface area contributed by atoms with E-state index in [9.17, 15) is 29.3 Å². The van der Waals surface area contributed by atoms with Gasteiger partial charge in [0.25, 0.3) is 0 Å². The standard InChI is InChI=1S/C34H40FN3O6/c35-25-12-8-10-23(20-25)32(38-34(42)43)24-11-9-13-26(21-24)44-19-7-5-3-1-2-4-6-18-36-22-30(40)27-14-16-29(39)33-28(27)15-17-31(41)37-33/h8-17,20-21,30,32,36,38-40H,1-7,18-19,22H2,(H,37,41)(H,42,43). The molecule has 3 aromatic carbocycles. The molecule has 0 radical (unpaired) electrons. The third-order valence-corrected chi connectivity index (χ3v) is 7.51. The second kappa shape index (κ2) is 16.4. The van der Waals surface area contributed by atoms with E-state index in [4.69, 9.17) is 4.74 Å². The summed E-state index contributed by atoms with van der Waals surface area (Å²) in [6.07, 6.45) is 5.45. The summed E-state index contributed by atoms with van der Waals surface area (Å²) in [5, 5.41) is 36.3. The Morgan fingerprint density at radius 2 is 1.59 bits per heavy atom. The number of unbranched alkanes of at least 4 members (excludes halogenated alkanes) is 6. The monoisotopic (exact) mass is 605 g/mol. The molecular weight excluding hydrogens is 565 g/mol. The first-order chi connectivity index (χ1) is 21.3. The van der Waals surface area contributed by atoms with Crippen molar-refractivity contribution >= 4 is 17.0 Å². The number of benzene rings is 3. The maximum Gasteiger partial charge on any atom is 0.405 e. The van der Waals surface area contributed by atoms with Crippen LogP contribution in [0.1, 0.15) is 73.8 Å². The summed E-state index contributed by atoms with van der Waals surface area (Å²) < 4.78 is 19.7. The number of hydrogen-bond acceptors (Lipinski definition) is 6. The van der Waals surface area contributed by atoms with Gasteiger partial charge in [-0.3, -0.25) is 4.79 Å². The summed E-state index contributed by atoms with van der Waals surface area (Å²) in [6.45, 7) is 1.72. The lowest BCUT2D eigenvalue weighted by Gasteiger charge is -2.19. The van der Waals surface area contributed by atoms with Gasteiger partial charge in [0.1, 0.15) is 17.3 Å². The average molecular weight is 606 g/mol. The number of halogens is 1. The number of carbonyl (C=O) groups is 1. The van der Waals surface area contributed by atoms with Crippen LogP contribution >= 0.6 is 0 Å². The zero-order valence-corrected chi connectivity index (χ0v) is 24.6. The Kier molecular flexibility index (Phi) is 12.1. The number of aromatic hydroxyl groups is 1. The Bertz CT molecular complexity index is 1580. The minimum atomic E-state index is -1.19. The Morgan fingerprint density at radius 1 is 0.886 bits per heavy atom. The number of rotatable bonds is 17. The molecule has 6 N–H and O–H groups in total. The van der Waals surface area contributed by atoms with Gasteiger partial charge in [-0.1, -0.05) is 62.4 Å². The molecule has 0 saturated heterocycles. The molecule has 1 aromatic heterocycles. The highest BCUT2D eigenvalue weighted by Gasteiger charge is 2.18. The number of phenolic OH excluding ortho intramolecular Hbond substituents is 1. The van der Waals surface area contributed by atoms with Crippen LogP contribution in [0.4, 0.5) is 9.18 Å². The highest BCUT2D eigenvalue weighted by molar-refractivity contribution is 5.87. The fraction of sp³-hybridized carbons (Fsp3) is 0.353. The third-order valence-electron chi connectivity index (χ3n) is 7.51. The number of aromatic nitrogens is 1. The van der Waals surface area contributed by atoms with Crippen LogP contribution in [-0.2, 0) is 0 Å². The van der Waals surface area contributed by atoms with Crippen LogP contribution < -0.4 is 20.9 Å². The highest BCUT2D eigenvalue weighted by Crippen LogP contribution is 2.29. The lowest BCUT2D eigenvalue weighted by molar-refractivity contribution is 0.176. The number of hydrogen-bond donors (Lipinski definition) is 6. The molecule has 2 unspecified atom stereocenters. The van der Waals surface area contributed by atoms with E-state index in [0.29, 0.717) is 46.5 Å². The van der Waals surface area contributed by atoms with Crippen molar-refractivity contribution in [3.63, 3.8) is 0 Å². The van der Waals surface area contributed by atoms with Crippen LogP contribution in [0.15, 0.2) is 77.6 Å². The lowest BCUT2D eigenvalue weighted by atomic mass is 9.98. The summed E-state index contributed by atoms with van der Waals surface area (Å²) in [5.41, 5.74) is 1.86. The normalized spacial score (nSPS) is 12.6. The molecule has 9 nitrogen and oxygen atoms in total. The van der Waals surface area contributed by atoms with Crippen molar-refractivity contribution < 1.29 is 29.2 Å². The maximum absolute atomic E-state index is 13.8. The first-order valence-electron chi connectivity index (χ1n) is 15.0. The number of fused-ring (bicyclic) bond motifs is 1. The molecule has 0 aliphatic carbocycles. The van der Waals surface area contributed by atoms with Crippen molar-refractivity contribution in [2.24, 2.45) is 0 Å². The molecule has 4 aromatic rings. The molecule has 234 valence electrons. The van der Waals surface area contributed by atoms with Crippen molar-refractivity contribution in [3.05, 3.63) is 106 Å². The number of nitrogens with one attached hydrogen (secondary N) is 3. The van der Waals surface area contributed by atoms with E-state index in [0.717, 1.165) is 51.5 Å². The first kappa shape index (κ1) is 32.5. The van der Waals surface area contributed by atoms with Gasteiger partial charge in [0.15, 0.2) is 0 Å². The van der Waals surface area contributed by atoms with Gasteiger partial charge >= 0.3 is 6.09 Å². The van der Waals surface area contributed by atoms with Crippen LogP contribution in [0.25, 0.3) is 10.9 Å². The van der Waals surface area contributed by atoms with Crippen LogP contribution in [0.5, 0.6) is 11.5 Å². The molecule has 0 saturated carbocycles. The van der Waals surface area contributed by atoms with E-state index in [1.807, 2.05) is 6.07 Å². The number of aromatic amines is 1. The minimum Gasteiger partial charge on any atom is -0.506 e. The fourth-order valence-corrected chi connectivity index (χ4v) is 5.28. The smallest absolute Gasteiger partial charge is 0.405 e. The summed E-state index contributed by atoms with van der Waals surface area (Å²) >= 11 is 0. The van der Waals surface area contributed by atoms with Gasteiger partial charge < -0.3 is 35.7 Å². The fourth-order valence-electron chi connectivity index (χ4n) is 5.28. The Morgan fingerprint density at radius 3 is 2.34 bits per heavy atom. The van der Waals surface area contributed by atoms with Crippen LogP contribution in [-0.4, -0.2) is 46.1 Å². The van der Waals surface area contributed by atoms with Crippen molar-refractivity contribution in [2.45, 2.75) is 57.1 Å². The minimum absolute atomic E-state index is 0.0245. The molecule has 4 rings (SSSR count). The molecule has 44 heavy (non-hydrogen) atoms. The molecule has 10 heteroatoms. The number of aliphatic hydroxyl groups is 1. The van der Waals surface area contributed by atoms with E-state index >= 15 is 0 Å². The molecule has 0 fully saturated rings. The van der Waals surface area contributed by atoms with Gasteiger partial charge in [0.05, 0.1) is 24.3 Å². The van der Waals surface area contributed by atoms with Crippen LogP contribution in [0.3, 0.4) is 0 Å². The number of H-pyrrole nitrogens is 1. The van der Waals surface area contributed by atoms with Gasteiger partial charge in [-0.15, -0.1) is 0 Å². The number of pyridine rings is 1. The maximum atomic E-state index is 13.8. The molecule has 0 bridgehead atoms. The predicted octanol–water partition coefficient (Wildman–Crippen LogP) is 6.16. The van der Waals surface area contributed by atoms with E-state index in [2.05, 4.69) is 15.6 Å². The van der Waals surface area contributed by atoms with Gasteiger partial charge in [-0.25, -0.2) is 9.18 Å². The predicted molar refractivity (Wildman–Crippen MR) is 168 cm³/mol. The second-order valence-electron chi connectivity index (χ2n) is 10.8. The van der Waals surface area contributed by atoms with E-state index < -0.39 is 24.1 Å². The number of aliphatic hydroxyl groups excluding tert-OH is 1. The van der Waals surface area contributed by atoms with E-state index in [1.165, 1.54) is 24.3 Å². The zero-order valence-electron chi connectivity index (χ0n) is 24.6. The second-order valence-corrected chi connectivity index (χ2v) is 10.8. The van der Waals surface area contributed by atoms with Crippen molar-refractivity contribution in [1.82, 2.24) is 15.6 Å². The Balaban J connectivity index is 1.08. The number of carboxylic acid groups (broad SMARTS) is 1. The molecule has 1 amide bonds. The van der Waals surface area contributed by atoms with E-state index in [-0.39, 0.29) is 11.3 Å². The molecule has 0 spiro atoms. The Hall–Kier alpha value is -4.41. The summed E-state index contributed by atoms with van der Waals surface area (Å²) in [6, 6.07) is 18.5. The van der Waals surface area contributed by atoms with Crippen LogP contribution in [0, 0.1) is 5.82 Å². The van der Waals surface area contributed by atoms with Gasteiger partial charge in [-0.05, 0) is 72.5 Å². The lowest BCUT2D eigenvalue weighted by Crippen LogP contribution is -2.27. The molecule has 0 aliphatic heterocycles. The molecular formula is C34H40FN3O6. The number of amides is 1.